The highest BCUT2D eigenvalue weighted by molar-refractivity contribution is 6.42. The van der Waals surface area contributed by atoms with Crippen molar-refractivity contribution in [1.82, 2.24) is 0 Å². The first kappa shape index (κ1) is 10.3. The zero-order valence-electron chi connectivity index (χ0n) is 6.42. The molecule has 0 heterocycles. The lowest BCUT2D eigenvalue weighted by Crippen LogP contribution is -2.02. The van der Waals surface area contributed by atoms with Gasteiger partial charge in [0.05, 0.1) is 22.2 Å². The van der Waals surface area contributed by atoms with Crippen LogP contribution in [0.3, 0.4) is 0 Å². The summed E-state index contributed by atoms with van der Waals surface area (Å²) >= 11 is 11.2. The Morgan fingerprint density at radius 1 is 1.31 bits per heavy atom. The van der Waals surface area contributed by atoms with Crippen molar-refractivity contribution < 1.29 is 15.0 Å². The SMILES string of the molecule is O=C(O)c1cc(Cl)c(Cl)cc1CO. The van der Waals surface area contributed by atoms with Gasteiger partial charge < -0.3 is 10.2 Å². The van der Waals surface area contributed by atoms with E-state index in [0.29, 0.717) is 0 Å². The van der Waals surface area contributed by atoms with Gasteiger partial charge in [0, 0.05) is 0 Å². The number of hydrogen-bond acceptors (Lipinski definition) is 2. The first-order valence-electron chi connectivity index (χ1n) is 3.38. The second-order valence-corrected chi connectivity index (χ2v) is 3.20. The van der Waals surface area contributed by atoms with Crippen LogP contribution in [0.5, 0.6) is 0 Å². The number of hydrogen-bond donors (Lipinski definition) is 2. The second kappa shape index (κ2) is 3.96. The highest BCUT2D eigenvalue weighted by Crippen LogP contribution is 2.25. The Morgan fingerprint density at radius 3 is 2.31 bits per heavy atom. The van der Waals surface area contributed by atoms with E-state index in [-0.39, 0.29) is 27.8 Å². The highest BCUT2D eigenvalue weighted by atomic mass is 35.5. The molecule has 0 aliphatic heterocycles. The van der Waals surface area contributed by atoms with Gasteiger partial charge in [-0.1, -0.05) is 23.2 Å². The summed E-state index contributed by atoms with van der Waals surface area (Å²) in [5.41, 5.74) is 0.221. The van der Waals surface area contributed by atoms with E-state index in [0.717, 1.165) is 0 Å². The number of aliphatic hydroxyl groups excluding tert-OH is 1. The molecule has 2 N–H and O–H groups in total. The molecular weight excluding hydrogens is 215 g/mol. The first-order valence-corrected chi connectivity index (χ1v) is 4.14. The van der Waals surface area contributed by atoms with Crippen molar-refractivity contribution in [2.45, 2.75) is 6.61 Å². The number of benzene rings is 1. The van der Waals surface area contributed by atoms with Gasteiger partial charge in [0.2, 0.25) is 0 Å². The molecule has 0 bridgehead atoms. The molecule has 0 aliphatic carbocycles. The van der Waals surface area contributed by atoms with E-state index in [1.165, 1.54) is 12.1 Å². The summed E-state index contributed by atoms with van der Waals surface area (Å²) in [6.45, 7) is -0.376. The maximum Gasteiger partial charge on any atom is 0.336 e. The summed E-state index contributed by atoms with van der Waals surface area (Å²) in [5, 5.41) is 17.9. The van der Waals surface area contributed by atoms with E-state index in [1.54, 1.807) is 0 Å². The lowest BCUT2D eigenvalue weighted by molar-refractivity contribution is 0.0693. The van der Waals surface area contributed by atoms with Crippen LogP contribution in [0.2, 0.25) is 10.0 Å². The van der Waals surface area contributed by atoms with Crippen molar-refractivity contribution in [3.63, 3.8) is 0 Å². The molecule has 3 nitrogen and oxygen atoms in total. The zero-order chi connectivity index (χ0) is 10.0. The quantitative estimate of drug-likeness (QED) is 0.804. The minimum atomic E-state index is -1.14. The van der Waals surface area contributed by atoms with Crippen LogP contribution in [-0.2, 0) is 6.61 Å². The standard InChI is InChI=1S/C8H6Cl2O3/c9-6-1-4(3-11)5(8(12)13)2-7(6)10/h1-2,11H,3H2,(H,12,13). The smallest absolute Gasteiger partial charge is 0.336 e. The zero-order valence-corrected chi connectivity index (χ0v) is 7.93. The van der Waals surface area contributed by atoms with Crippen LogP contribution in [0, 0.1) is 0 Å². The van der Waals surface area contributed by atoms with Gasteiger partial charge in [-0.3, -0.25) is 0 Å². The van der Waals surface area contributed by atoms with Crippen LogP contribution in [0.15, 0.2) is 12.1 Å². The molecule has 0 spiro atoms. The predicted octanol–water partition coefficient (Wildman–Crippen LogP) is 2.18. The molecule has 0 radical (unpaired) electrons. The first-order chi connectivity index (χ1) is 6.06. The number of carbonyl (C=O) groups is 1. The van der Waals surface area contributed by atoms with Gasteiger partial charge in [0.1, 0.15) is 0 Å². The van der Waals surface area contributed by atoms with Crippen molar-refractivity contribution in [3.8, 4) is 0 Å². The number of carboxylic acids is 1. The monoisotopic (exact) mass is 220 g/mol. The fourth-order valence-corrected chi connectivity index (χ4v) is 1.27. The van der Waals surface area contributed by atoms with Crippen molar-refractivity contribution in [2.24, 2.45) is 0 Å². The van der Waals surface area contributed by atoms with Gasteiger partial charge >= 0.3 is 5.97 Å². The van der Waals surface area contributed by atoms with Crippen LogP contribution >= 0.6 is 23.2 Å². The van der Waals surface area contributed by atoms with Gasteiger partial charge in [0.15, 0.2) is 0 Å². The van der Waals surface area contributed by atoms with E-state index in [4.69, 9.17) is 33.4 Å². The minimum Gasteiger partial charge on any atom is -0.478 e. The molecule has 13 heavy (non-hydrogen) atoms. The molecule has 0 amide bonds. The molecule has 0 unspecified atom stereocenters. The molecular formula is C8H6Cl2O3. The van der Waals surface area contributed by atoms with Crippen LogP contribution in [-0.4, -0.2) is 16.2 Å². The number of aliphatic hydroxyl groups is 1. The summed E-state index contributed by atoms with van der Waals surface area (Å²) < 4.78 is 0. The summed E-state index contributed by atoms with van der Waals surface area (Å²) in [6.07, 6.45) is 0. The Hall–Kier alpha value is -0.770. The molecule has 1 aromatic rings. The van der Waals surface area contributed by atoms with E-state index in [9.17, 15) is 4.79 Å². The van der Waals surface area contributed by atoms with Gasteiger partial charge in [-0.05, 0) is 17.7 Å². The molecule has 1 aromatic carbocycles. The predicted molar refractivity (Wildman–Crippen MR) is 49.3 cm³/mol. The number of aromatic carboxylic acids is 1. The Labute approximate surface area is 84.5 Å². The molecule has 0 atom stereocenters. The second-order valence-electron chi connectivity index (χ2n) is 2.39. The van der Waals surface area contributed by atoms with Crippen molar-refractivity contribution in [1.29, 1.82) is 0 Å². The molecule has 70 valence electrons. The van der Waals surface area contributed by atoms with E-state index < -0.39 is 5.97 Å². The average Bonchev–Trinajstić information content (AvgIpc) is 2.08. The Bertz CT molecular complexity index is 349. The van der Waals surface area contributed by atoms with Crippen LogP contribution in [0.25, 0.3) is 0 Å². The van der Waals surface area contributed by atoms with E-state index >= 15 is 0 Å². The summed E-state index contributed by atoms with van der Waals surface area (Å²) in [5.74, 6) is -1.14. The van der Waals surface area contributed by atoms with E-state index in [1.807, 2.05) is 0 Å². The largest absolute Gasteiger partial charge is 0.478 e. The fourth-order valence-electron chi connectivity index (χ4n) is 0.918. The highest BCUT2D eigenvalue weighted by Gasteiger charge is 2.12. The van der Waals surface area contributed by atoms with Gasteiger partial charge in [-0.15, -0.1) is 0 Å². The molecule has 0 aliphatic rings. The Morgan fingerprint density at radius 2 is 1.85 bits per heavy atom. The molecule has 0 saturated heterocycles. The van der Waals surface area contributed by atoms with E-state index in [2.05, 4.69) is 0 Å². The van der Waals surface area contributed by atoms with Crippen molar-refractivity contribution in [2.75, 3.05) is 0 Å². The van der Waals surface area contributed by atoms with Crippen molar-refractivity contribution >= 4 is 29.2 Å². The van der Waals surface area contributed by atoms with Crippen LogP contribution in [0.1, 0.15) is 15.9 Å². The minimum absolute atomic E-state index is 0.0306. The molecule has 0 saturated carbocycles. The topological polar surface area (TPSA) is 57.5 Å². The maximum absolute atomic E-state index is 10.6. The Kier molecular flexibility index (Phi) is 3.14. The average molecular weight is 221 g/mol. The molecule has 0 fully saturated rings. The molecule has 5 heteroatoms. The summed E-state index contributed by atoms with van der Waals surface area (Å²) in [4.78, 5) is 10.6. The van der Waals surface area contributed by atoms with Crippen LogP contribution < -0.4 is 0 Å². The summed E-state index contributed by atoms with van der Waals surface area (Å²) in [6, 6.07) is 2.56. The lowest BCUT2D eigenvalue weighted by Gasteiger charge is -2.04. The lowest BCUT2D eigenvalue weighted by atomic mass is 10.1. The maximum atomic E-state index is 10.6. The van der Waals surface area contributed by atoms with Crippen LogP contribution in [0.4, 0.5) is 0 Å². The molecule has 0 aromatic heterocycles. The third-order valence-electron chi connectivity index (χ3n) is 1.55. The van der Waals surface area contributed by atoms with Gasteiger partial charge in [0.25, 0.3) is 0 Å². The number of halogens is 2. The normalized spacial score (nSPS) is 10.1. The summed E-state index contributed by atoms with van der Waals surface area (Å²) in [7, 11) is 0. The molecule has 1 rings (SSSR count). The third-order valence-corrected chi connectivity index (χ3v) is 2.27. The Balaban J connectivity index is 3.33. The third kappa shape index (κ3) is 2.12. The van der Waals surface area contributed by atoms with Gasteiger partial charge in [-0.25, -0.2) is 4.79 Å². The fraction of sp³-hybridized carbons (Fsp3) is 0.125. The van der Waals surface area contributed by atoms with Gasteiger partial charge in [-0.2, -0.15) is 0 Å². The van der Waals surface area contributed by atoms with Crippen molar-refractivity contribution in [3.05, 3.63) is 33.3 Å². The number of rotatable bonds is 2. The number of carboxylic acid groups (broad SMARTS) is 1.